The Kier molecular flexibility index (Phi) is 15.8. The van der Waals surface area contributed by atoms with E-state index < -0.39 is 0 Å². The molecule has 0 amide bonds. The van der Waals surface area contributed by atoms with Gasteiger partial charge in [0.2, 0.25) is 0 Å². The third-order valence-electron chi connectivity index (χ3n) is 2.38. The van der Waals surface area contributed by atoms with E-state index in [9.17, 15) is 4.79 Å². The first kappa shape index (κ1) is 19.7. The zero-order valence-electron chi connectivity index (χ0n) is 12.6. The number of ether oxygens (including phenoxy) is 1. The summed E-state index contributed by atoms with van der Waals surface area (Å²) in [6.07, 6.45) is 0.890. The summed E-state index contributed by atoms with van der Waals surface area (Å²) in [7, 11) is 0.890. The molecule has 0 rings (SSSR count). The van der Waals surface area contributed by atoms with Crippen LogP contribution in [0.15, 0.2) is 12.2 Å². The van der Waals surface area contributed by atoms with Crippen molar-refractivity contribution in [2.24, 2.45) is 0 Å². The second-order valence-electron chi connectivity index (χ2n) is 3.87. The van der Waals surface area contributed by atoms with Crippen LogP contribution in [0.5, 0.6) is 0 Å². The molecule has 18 heavy (non-hydrogen) atoms. The first-order valence-electron chi connectivity index (χ1n) is 6.57. The topological polar surface area (TPSA) is 38.8 Å². The monoisotopic (exact) mass is 275 g/mol. The first-order chi connectivity index (χ1) is 8.53. The van der Waals surface area contributed by atoms with Gasteiger partial charge >= 0.3 is 5.97 Å². The number of carbonyl (C=O) groups excluding carboxylic acids is 1. The van der Waals surface area contributed by atoms with Gasteiger partial charge in [0.25, 0.3) is 0 Å². The van der Waals surface area contributed by atoms with Crippen LogP contribution in [-0.4, -0.2) is 54.2 Å². The van der Waals surface area contributed by atoms with Gasteiger partial charge in [0.1, 0.15) is 10.5 Å². The SMILES string of the molecule is C=C(C)C(=O)OCCCN(CC)CC.CCO[SiH3]. The third-order valence-corrected chi connectivity index (χ3v) is 2.96. The van der Waals surface area contributed by atoms with Crippen LogP contribution in [0.25, 0.3) is 0 Å². The molecule has 0 atom stereocenters. The molecule has 4 nitrogen and oxygen atoms in total. The summed E-state index contributed by atoms with van der Waals surface area (Å²) in [4.78, 5) is 13.3. The van der Waals surface area contributed by atoms with Gasteiger partial charge in [0.05, 0.1) is 6.61 Å². The lowest BCUT2D eigenvalue weighted by Crippen LogP contribution is -2.25. The Labute approximate surface area is 115 Å². The van der Waals surface area contributed by atoms with Gasteiger partial charge in [-0.25, -0.2) is 4.79 Å². The quantitative estimate of drug-likeness (QED) is 0.288. The highest BCUT2D eigenvalue weighted by Gasteiger charge is 2.03. The normalized spacial score (nSPS) is 9.83. The Hall–Kier alpha value is -0.653. The molecule has 0 fully saturated rings. The van der Waals surface area contributed by atoms with Gasteiger partial charge in [-0.3, -0.25) is 0 Å². The van der Waals surface area contributed by atoms with E-state index in [1.54, 1.807) is 6.92 Å². The van der Waals surface area contributed by atoms with Crippen LogP contribution in [-0.2, 0) is 14.0 Å². The molecule has 0 bridgehead atoms. The lowest BCUT2D eigenvalue weighted by atomic mass is 10.3. The molecule has 0 heterocycles. The molecule has 108 valence electrons. The summed E-state index contributed by atoms with van der Waals surface area (Å²) < 4.78 is 9.66. The summed E-state index contributed by atoms with van der Waals surface area (Å²) in [6, 6.07) is 0. The zero-order valence-corrected chi connectivity index (χ0v) is 14.6. The van der Waals surface area contributed by atoms with Crippen molar-refractivity contribution in [1.29, 1.82) is 0 Å². The molecule has 0 unspecified atom stereocenters. The number of esters is 1. The highest BCUT2D eigenvalue weighted by Crippen LogP contribution is 1.95. The van der Waals surface area contributed by atoms with E-state index in [1.165, 1.54) is 0 Å². The van der Waals surface area contributed by atoms with Gasteiger partial charge in [-0.05, 0) is 33.4 Å². The van der Waals surface area contributed by atoms with E-state index >= 15 is 0 Å². The van der Waals surface area contributed by atoms with Crippen molar-refractivity contribution in [3.05, 3.63) is 12.2 Å². The molecule has 0 radical (unpaired) electrons. The molecular formula is C13H29NO3Si. The van der Waals surface area contributed by atoms with Crippen molar-refractivity contribution < 1.29 is 14.0 Å². The van der Waals surface area contributed by atoms with Crippen LogP contribution in [0, 0.1) is 0 Å². The maximum atomic E-state index is 11.0. The molecular weight excluding hydrogens is 246 g/mol. The second kappa shape index (κ2) is 14.4. The maximum Gasteiger partial charge on any atom is 0.333 e. The van der Waals surface area contributed by atoms with Gasteiger partial charge in [0.15, 0.2) is 0 Å². The molecule has 0 saturated heterocycles. The Morgan fingerprint density at radius 1 is 1.28 bits per heavy atom. The van der Waals surface area contributed by atoms with E-state index in [1.807, 2.05) is 6.92 Å². The lowest BCUT2D eigenvalue weighted by Gasteiger charge is -2.17. The third kappa shape index (κ3) is 13.4. The van der Waals surface area contributed by atoms with Crippen LogP contribution in [0.3, 0.4) is 0 Å². The van der Waals surface area contributed by atoms with Crippen molar-refractivity contribution in [2.75, 3.05) is 32.8 Å². The maximum absolute atomic E-state index is 11.0. The molecule has 0 aliphatic heterocycles. The summed E-state index contributed by atoms with van der Waals surface area (Å²) in [5.74, 6) is -0.287. The van der Waals surface area contributed by atoms with Crippen molar-refractivity contribution >= 4 is 16.5 Å². The minimum absolute atomic E-state index is 0.287. The Morgan fingerprint density at radius 2 is 1.78 bits per heavy atom. The first-order valence-corrected chi connectivity index (χ1v) is 7.38. The molecule has 5 heteroatoms. The molecule has 0 aliphatic carbocycles. The molecule has 0 spiro atoms. The number of nitrogens with zero attached hydrogens (tertiary/aromatic N) is 1. The molecule has 0 aromatic rings. The fourth-order valence-electron chi connectivity index (χ4n) is 1.12. The van der Waals surface area contributed by atoms with Crippen LogP contribution in [0.2, 0.25) is 0 Å². The van der Waals surface area contributed by atoms with E-state index in [0.717, 1.165) is 43.1 Å². The van der Waals surface area contributed by atoms with Crippen molar-refractivity contribution in [2.45, 2.75) is 34.1 Å². The van der Waals surface area contributed by atoms with E-state index in [4.69, 9.17) is 4.74 Å². The summed E-state index contributed by atoms with van der Waals surface area (Å²) in [6.45, 7) is 15.9. The number of rotatable bonds is 8. The van der Waals surface area contributed by atoms with Gasteiger partial charge in [-0.1, -0.05) is 20.4 Å². The van der Waals surface area contributed by atoms with Gasteiger partial charge in [0, 0.05) is 18.7 Å². The lowest BCUT2D eigenvalue weighted by molar-refractivity contribution is -0.139. The molecule has 0 N–H and O–H groups in total. The summed E-state index contributed by atoms with van der Waals surface area (Å²) >= 11 is 0. The summed E-state index contributed by atoms with van der Waals surface area (Å²) in [5, 5.41) is 0. The molecule has 0 aromatic carbocycles. The molecule has 0 aromatic heterocycles. The minimum Gasteiger partial charge on any atom is -0.462 e. The minimum atomic E-state index is -0.287. The summed E-state index contributed by atoms with van der Waals surface area (Å²) in [5.41, 5.74) is 0.466. The van der Waals surface area contributed by atoms with E-state index in [2.05, 4.69) is 29.8 Å². The molecule has 0 aliphatic rings. The Balaban J connectivity index is 0. The van der Waals surface area contributed by atoms with Crippen molar-refractivity contribution in [3.8, 4) is 0 Å². The average molecular weight is 275 g/mol. The van der Waals surface area contributed by atoms with Crippen molar-refractivity contribution in [3.63, 3.8) is 0 Å². The van der Waals surface area contributed by atoms with Crippen molar-refractivity contribution in [1.82, 2.24) is 4.90 Å². The molecule has 0 saturated carbocycles. The predicted octanol–water partition coefficient (Wildman–Crippen LogP) is 1.14. The van der Waals surface area contributed by atoms with E-state index in [0.29, 0.717) is 12.2 Å². The van der Waals surface area contributed by atoms with Crippen LogP contribution in [0.1, 0.15) is 34.1 Å². The zero-order chi connectivity index (χ0) is 14.4. The van der Waals surface area contributed by atoms with Gasteiger partial charge < -0.3 is 14.1 Å². The average Bonchev–Trinajstić information content (AvgIpc) is 2.38. The number of carbonyl (C=O) groups is 1. The largest absolute Gasteiger partial charge is 0.462 e. The van der Waals surface area contributed by atoms with Gasteiger partial charge in [-0.15, -0.1) is 0 Å². The number of hydrogen-bond acceptors (Lipinski definition) is 4. The van der Waals surface area contributed by atoms with Crippen LogP contribution >= 0.6 is 0 Å². The highest BCUT2D eigenvalue weighted by atomic mass is 28.2. The Morgan fingerprint density at radius 3 is 2.11 bits per heavy atom. The fraction of sp³-hybridized carbons (Fsp3) is 0.769. The van der Waals surface area contributed by atoms with Crippen LogP contribution in [0.4, 0.5) is 0 Å². The Bertz CT molecular complexity index is 216. The fourth-order valence-corrected chi connectivity index (χ4v) is 1.12. The van der Waals surface area contributed by atoms with Gasteiger partial charge in [-0.2, -0.15) is 0 Å². The van der Waals surface area contributed by atoms with E-state index in [-0.39, 0.29) is 5.97 Å². The predicted molar refractivity (Wildman–Crippen MR) is 79.7 cm³/mol. The van der Waals surface area contributed by atoms with Crippen LogP contribution < -0.4 is 0 Å². The standard InChI is InChI=1S/C11H21NO2.C2H8OSi/c1-5-12(6-2)8-7-9-14-11(13)10(3)4;1-2-3-4/h3,5-9H2,1-2,4H3;2H2,1,4H3. The highest BCUT2D eigenvalue weighted by molar-refractivity contribution is 5.97. The second-order valence-corrected chi connectivity index (χ2v) is 4.45. The number of hydrogen-bond donors (Lipinski definition) is 0. The smallest absolute Gasteiger partial charge is 0.333 e.